The van der Waals surface area contributed by atoms with E-state index >= 15 is 0 Å². The highest BCUT2D eigenvalue weighted by molar-refractivity contribution is 6.16. The third-order valence-electron chi connectivity index (χ3n) is 2.56. The van der Waals surface area contributed by atoms with Crippen LogP contribution in [0.25, 0.3) is 0 Å². The van der Waals surface area contributed by atoms with Crippen molar-refractivity contribution in [1.29, 1.82) is 0 Å². The second-order valence-corrected chi connectivity index (χ2v) is 4.10. The van der Waals surface area contributed by atoms with Gasteiger partial charge in [0.2, 0.25) is 0 Å². The summed E-state index contributed by atoms with van der Waals surface area (Å²) >= 11 is 0. The largest absolute Gasteiger partial charge is 0.435 e. The maximum atomic E-state index is 8.67. The van der Waals surface area contributed by atoms with E-state index in [-0.39, 0.29) is 18.7 Å². The van der Waals surface area contributed by atoms with Crippen molar-refractivity contribution in [3.05, 3.63) is 0 Å². The van der Waals surface area contributed by atoms with Crippen molar-refractivity contribution >= 4 is 7.69 Å². The van der Waals surface area contributed by atoms with Gasteiger partial charge in [-0.05, 0) is 13.8 Å². The molecule has 0 aliphatic rings. The topological polar surface area (TPSA) is 38.7 Å². The number of hydrogen-bond donors (Lipinski definition) is 1. The van der Waals surface area contributed by atoms with E-state index in [0.29, 0.717) is 6.61 Å². The second-order valence-electron chi connectivity index (χ2n) is 4.10. The third kappa shape index (κ3) is 2.77. The highest BCUT2D eigenvalue weighted by Gasteiger charge is 2.37. The molecule has 0 bridgehead atoms. The summed E-state index contributed by atoms with van der Waals surface area (Å²) in [6.07, 6.45) is 0. The molecule has 0 aliphatic heterocycles. The molecule has 0 heterocycles. The molecule has 0 atom stereocenters. The van der Waals surface area contributed by atoms with Gasteiger partial charge in [0.25, 0.3) is 0 Å². The highest BCUT2D eigenvalue weighted by atomic mass is 16.5. The zero-order chi connectivity index (χ0) is 9.83. The van der Waals surface area contributed by atoms with Gasteiger partial charge < -0.3 is 14.4 Å². The van der Waals surface area contributed by atoms with Gasteiger partial charge in [-0.3, -0.25) is 0 Å². The first-order valence-corrected chi connectivity index (χ1v) is 4.11. The SMILES string of the molecule is COCC(C)(C)C(C)(C)OBO. The van der Waals surface area contributed by atoms with Gasteiger partial charge in [-0.25, -0.2) is 0 Å². The Kier molecular flexibility index (Phi) is 4.24. The molecule has 12 heavy (non-hydrogen) atoms. The van der Waals surface area contributed by atoms with Gasteiger partial charge in [0.15, 0.2) is 0 Å². The van der Waals surface area contributed by atoms with Crippen LogP contribution in [0.2, 0.25) is 0 Å². The summed E-state index contributed by atoms with van der Waals surface area (Å²) in [5, 5.41) is 8.67. The lowest BCUT2D eigenvalue weighted by molar-refractivity contribution is -0.0589. The standard InChI is InChI=1S/C8H19BO3/c1-7(2,6-11-5)8(3,4)12-9-10/h9-10H,6H2,1-5H3. The molecule has 0 saturated carbocycles. The van der Waals surface area contributed by atoms with E-state index in [1.807, 2.05) is 27.7 Å². The van der Waals surface area contributed by atoms with Crippen LogP contribution in [0.4, 0.5) is 0 Å². The maximum absolute atomic E-state index is 8.67. The molecule has 0 spiro atoms. The van der Waals surface area contributed by atoms with Gasteiger partial charge in [-0.1, -0.05) is 13.8 Å². The lowest BCUT2D eigenvalue weighted by atomic mass is 9.77. The smallest absolute Gasteiger partial charge is 0.430 e. The van der Waals surface area contributed by atoms with Crippen LogP contribution in [0.5, 0.6) is 0 Å². The zero-order valence-corrected chi connectivity index (χ0v) is 8.68. The molecule has 0 aliphatic carbocycles. The fourth-order valence-electron chi connectivity index (χ4n) is 0.891. The van der Waals surface area contributed by atoms with Gasteiger partial charge in [0.05, 0.1) is 12.2 Å². The minimum absolute atomic E-state index is 0.107. The summed E-state index contributed by atoms with van der Waals surface area (Å²) in [6, 6.07) is 0. The van der Waals surface area contributed by atoms with Crippen LogP contribution < -0.4 is 0 Å². The molecule has 0 fully saturated rings. The first kappa shape index (κ1) is 11.9. The van der Waals surface area contributed by atoms with E-state index in [0.717, 1.165) is 0 Å². The van der Waals surface area contributed by atoms with E-state index in [1.165, 1.54) is 0 Å². The molecule has 0 rings (SSSR count). The number of hydrogen-bond acceptors (Lipinski definition) is 3. The van der Waals surface area contributed by atoms with Crippen molar-refractivity contribution in [1.82, 2.24) is 0 Å². The lowest BCUT2D eigenvalue weighted by Gasteiger charge is -2.40. The number of rotatable bonds is 5. The predicted octanol–water partition coefficient (Wildman–Crippen LogP) is 0.713. The van der Waals surface area contributed by atoms with E-state index in [1.54, 1.807) is 7.11 Å². The molecule has 3 nitrogen and oxygen atoms in total. The summed E-state index contributed by atoms with van der Waals surface area (Å²) in [7, 11) is 1.41. The van der Waals surface area contributed by atoms with Gasteiger partial charge in [0.1, 0.15) is 0 Å². The van der Waals surface area contributed by atoms with E-state index in [2.05, 4.69) is 0 Å². The molecule has 0 aromatic carbocycles. The zero-order valence-electron chi connectivity index (χ0n) is 8.68. The summed E-state index contributed by atoms with van der Waals surface area (Å²) in [5.41, 5.74) is -0.484. The molecule has 0 aromatic heterocycles. The van der Waals surface area contributed by atoms with Gasteiger partial charge in [0, 0.05) is 12.5 Å². The van der Waals surface area contributed by atoms with Crippen LogP contribution >= 0.6 is 0 Å². The minimum Gasteiger partial charge on any atom is -0.430 e. The molecule has 0 radical (unpaired) electrons. The maximum Gasteiger partial charge on any atom is 0.435 e. The molecule has 0 unspecified atom stereocenters. The van der Waals surface area contributed by atoms with Crippen molar-refractivity contribution in [2.24, 2.45) is 5.41 Å². The molecular formula is C8H19BO3. The Bertz CT molecular complexity index is 118. The Balaban J connectivity index is 4.28. The van der Waals surface area contributed by atoms with Crippen molar-refractivity contribution < 1.29 is 14.4 Å². The van der Waals surface area contributed by atoms with E-state index in [4.69, 9.17) is 14.4 Å². The second kappa shape index (κ2) is 4.26. The minimum atomic E-state index is -0.377. The van der Waals surface area contributed by atoms with Gasteiger partial charge >= 0.3 is 7.69 Å². The third-order valence-corrected chi connectivity index (χ3v) is 2.56. The fraction of sp³-hybridized carbons (Fsp3) is 1.00. The quantitative estimate of drug-likeness (QED) is 0.624. The Morgan fingerprint density at radius 3 is 2.08 bits per heavy atom. The molecule has 0 amide bonds. The normalized spacial score (nSPS) is 13.2. The molecule has 0 saturated heterocycles. The van der Waals surface area contributed by atoms with Crippen LogP contribution in [0, 0.1) is 5.41 Å². The average molecular weight is 174 g/mol. The van der Waals surface area contributed by atoms with Gasteiger partial charge in [-0.2, -0.15) is 0 Å². The van der Waals surface area contributed by atoms with Gasteiger partial charge in [-0.15, -0.1) is 0 Å². The Morgan fingerprint density at radius 2 is 1.75 bits per heavy atom. The highest BCUT2D eigenvalue weighted by Crippen LogP contribution is 2.33. The molecule has 1 N–H and O–H groups in total. The summed E-state index contributed by atoms with van der Waals surface area (Å²) in [4.78, 5) is 0. The summed E-state index contributed by atoms with van der Waals surface area (Å²) < 4.78 is 10.3. The number of ether oxygens (including phenoxy) is 1. The molecular weight excluding hydrogens is 155 g/mol. The van der Waals surface area contributed by atoms with Crippen molar-refractivity contribution in [3.63, 3.8) is 0 Å². The van der Waals surface area contributed by atoms with Crippen molar-refractivity contribution in [3.8, 4) is 0 Å². The van der Waals surface area contributed by atoms with Crippen LogP contribution in [0.15, 0.2) is 0 Å². The molecule has 0 aromatic rings. The first-order chi connectivity index (χ1) is 5.37. The Hall–Kier alpha value is -0.0551. The van der Waals surface area contributed by atoms with Crippen LogP contribution in [-0.2, 0) is 9.39 Å². The summed E-state index contributed by atoms with van der Waals surface area (Å²) in [5.74, 6) is 0. The lowest BCUT2D eigenvalue weighted by Crippen LogP contribution is -2.45. The number of methoxy groups -OCH3 is 1. The molecule has 72 valence electrons. The van der Waals surface area contributed by atoms with Crippen LogP contribution in [0.3, 0.4) is 0 Å². The first-order valence-electron chi connectivity index (χ1n) is 4.11. The summed E-state index contributed by atoms with van der Waals surface area (Å²) in [6.45, 7) is 8.60. The van der Waals surface area contributed by atoms with Crippen molar-refractivity contribution in [2.45, 2.75) is 33.3 Å². The van der Waals surface area contributed by atoms with Crippen LogP contribution in [-0.4, -0.2) is 32.0 Å². The average Bonchev–Trinajstić information content (AvgIpc) is 1.86. The van der Waals surface area contributed by atoms with E-state index < -0.39 is 0 Å². The Morgan fingerprint density at radius 1 is 1.25 bits per heavy atom. The van der Waals surface area contributed by atoms with Crippen molar-refractivity contribution in [2.75, 3.05) is 13.7 Å². The monoisotopic (exact) mass is 174 g/mol. The van der Waals surface area contributed by atoms with Crippen LogP contribution in [0.1, 0.15) is 27.7 Å². The fourth-order valence-corrected chi connectivity index (χ4v) is 0.891. The Labute approximate surface area is 75.4 Å². The predicted molar refractivity (Wildman–Crippen MR) is 50.2 cm³/mol. The molecule has 4 heteroatoms. The van der Waals surface area contributed by atoms with E-state index in [9.17, 15) is 0 Å².